The van der Waals surface area contributed by atoms with E-state index < -0.39 is 0 Å². The predicted octanol–water partition coefficient (Wildman–Crippen LogP) is 4.74. The summed E-state index contributed by atoms with van der Waals surface area (Å²) in [5, 5.41) is 0. The Bertz CT molecular complexity index is 956. The molecule has 146 valence electrons. The van der Waals surface area contributed by atoms with Crippen LogP contribution < -0.4 is 0 Å². The summed E-state index contributed by atoms with van der Waals surface area (Å²) < 4.78 is 13.4. The van der Waals surface area contributed by atoms with E-state index in [-0.39, 0.29) is 11.7 Å². The summed E-state index contributed by atoms with van der Waals surface area (Å²) in [4.78, 5) is 22.4. The molecule has 3 aromatic rings. The molecule has 28 heavy (non-hydrogen) atoms. The SMILES string of the molecule is Cc1ccc(CCCC(=O)N2CCC(c3nc4ccc(F)cc4[nH]3)CC2)cc1. The zero-order valence-corrected chi connectivity index (χ0v) is 16.2. The number of imidazole rings is 1. The highest BCUT2D eigenvalue weighted by Gasteiger charge is 2.25. The van der Waals surface area contributed by atoms with Crippen LogP contribution in [0.25, 0.3) is 11.0 Å². The predicted molar refractivity (Wildman–Crippen MR) is 109 cm³/mol. The first-order valence-electron chi connectivity index (χ1n) is 10.1. The van der Waals surface area contributed by atoms with E-state index in [4.69, 9.17) is 0 Å². The van der Waals surface area contributed by atoms with Gasteiger partial charge in [-0.2, -0.15) is 0 Å². The second-order valence-corrected chi connectivity index (χ2v) is 7.78. The number of carbonyl (C=O) groups excluding carboxylic acids is 1. The Morgan fingerprint density at radius 2 is 1.93 bits per heavy atom. The van der Waals surface area contributed by atoms with E-state index in [1.807, 2.05) is 4.90 Å². The number of aryl methyl sites for hydroxylation is 2. The number of rotatable bonds is 5. The second-order valence-electron chi connectivity index (χ2n) is 7.78. The van der Waals surface area contributed by atoms with E-state index in [9.17, 15) is 9.18 Å². The van der Waals surface area contributed by atoms with Gasteiger partial charge in [0.25, 0.3) is 0 Å². The van der Waals surface area contributed by atoms with Gasteiger partial charge in [0.05, 0.1) is 11.0 Å². The van der Waals surface area contributed by atoms with Crippen molar-refractivity contribution in [2.24, 2.45) is 0 Å². The minimum absolute atomic E-state index is 0.247. The van der Waals surface area contributed by atoms with Crippen molar-refractivity contribution in [1.82, 2.24) is 14.9 Å². The maximum Gasteiger partial charge on any atom is 0.222 e. The van der Waals surface area contributed by atoms with Crippen molar-refractivity contribution in [2.45, 2.75) is 44.9 Å². The van der Waals surface area contributed by atoms with Gasteiger partial charge in [-0.1, -0.05) is 29.8 Å². The van der Waals surface area contributed by atoms with Crippen LogP contribution in [-0.2, 0) is 11.2 Å². The molecular formula is C23H26FN3O. The van der Waals surface area contributed by atoms with E-state index in [0.29, 0.717) is 12.3 Å². The lowest BCUT2D eigenvalue weighted by Gasteiger charge is -2.31. The standard InChI is InChI=1S/C23H26FN3O/c1-16-5-7-17(8-6-16)3-2-4-22(28)27-13-11-18(12-14-27)23-25-20-10-9-19(24)15-21(20)26-23/h5-10,15,18H,2-4,11-14H2,1H3,(H,25,26). The highest BCUT2D eigenvalue weighted by atomic mass is 19.1. The molecule has 2 aromatic carbocycles. The first-order valence-corrected chi connectivity index (χ1v) is 10.1. The normalized spacial score (nSPS) is 15.3. The van der Waals surface area contributed by atoms with Crippen LogP contribution in [0.15, 0.2) is 42.5 Å². The minimum Gasteiger partial charge on any atom is -0.343 e. The minimum atomic E-state index is -0.256. The van der Waals surface area contributed by atoms with E-state index in [2.05, 4.69) is 41.2 Å². The Balaban J connectivity index is 1.27. The fraction of sp³-hybridized carbons (Fsp3) is 0.391. The third-order valence-electron chi connectivity index (χ3n) is 5.67. The van der Waals surface area contributed by atoms with E-state index in [0.717, 1.165) is 55.6 Å². The Hall–Kier alpha value is -2.69. The van der Waals surface area contributed by atoms with E-state index in [1.165, 1.54) is 23.3 Å². The van der Waals surface area contributed by atoms with Gasteiger partial charge < -0.3 is 9.88 Å². The molecule has 1 saturated heterocycles. The number of hydrogen-bond donors (Lipinski definition) is 1. The molecule has 4 rings (SSSR count). The number of aromatic amines is 1. The molecule has 1 amide bonds. The van der Waals surface area contributed by atoms with Gasteiger partial charge in [0.2, 0.25) is 5.91 Å². The van der Waals surface area contributed by atoms with Crippen LogP contribution in [0.4, 0.5) is 4.39 Å². The number of piperidine rings is 1. The molecule has 1 N–H and O–H groups in total. The van der Waals surface area contributed by atoms with Gasteiger partial charge in [-0.25, -0.2) is 9.37 Å². The summed E-state index contributed by atoms with van der Waals surface area (Å²) in [6.07, 6.45) is 4.22. The first kappa shape index (κ1) is 18.7. The van der Waals surface area contributed by atoms with Crippen LogP contribution >= 0.6 is 0 Å². The van der Waals surface area contributed by atoms with Gasteiger partial charge in [0, 0.05) is 25.4 Å². The molecule has 0 atom stereocenters. The molecule has 2 heterocycles. The maximum atomic E-state index is 13.4. The summed E-state index contributed by atoms with van der Waals surface area (Å²) in [5.41, 5.74) is 4.09. The lowest BCUT2D eigenvalue weighted by atomic mass is 9.95. The van der Waals surface area contributed by atoms with Crippen LogP contribution in [0.3, 0.4) is 0 Å². The summed E-state index contributed by atoms with van der Waals surface area (Å²) in [7, 11) is 0. The topological polar surface area (TPSA) is 49.0 Å². The van der Waals surface area contributed by atoms with Gasteiger partial charge in [-0.3, -0.25) is 4.79 Å². The average molecular weight is 379 g/mol. The van der Waals surface area contributed by atoms with E-state index in [1.54, 1.807) is 6.07 Å². The zero-order chi connectivity index (χ0) is 19.5. The number of likely N-dealkylation sites (tertiary alicyclic amines) is 1. The molecule has 0 unspecified atom stereocenters. The molecule has 0 aliphatic carbocycles. The number of nitrogens with zero attached hydrogens (tertiary/aromatic N) is 2. The number of aromatic nitrogens is 2. The molecule has 1 aromatic heterocycles. The third kappa shape index (κ3) is 4.24. The van der Waals surface area contributed by atoms with Gasteiger partial charge in [0.15, 0.2) is 0 Å². The number of nitrogens with one attached hydrogen (secondary N) is 1. The van der Waals surface area contributed by atoms with Gasteiger partial charge in [-0.15, -0.1) is 0 Å². The highest BCUT2D eigenvalue weighted by molar-refractivity contribution is 5.76. The van der Waals surface area contributed by atoms with Crippen molar-refractivity contribution in [3.05, 3.63) is 65.2 Å². The van der Waals surface area contributed by atoms with Crippen molar-refractivity contribution >= 4 is 16.9 Å². The van der Waals surface area contributed by atoms with Crippen LogP contribution in [-0.4, -0.2) is 33.9 Å². The monoisotopic (exact) mass is 379 g/mol. The first-order chi connectivity index (χ1) is 13.6. The van der Waals surface area contributed by atoms with Crippen LogP contribution in [0.5, 0.6) is 0 Å². The molecular weight excluding hydrogens is 353 g/mol. The summed E-state index contributed by atoms with van der Waals surface area (Å²) in [6.45, 7) is 3.61. The molecule has 0 saturated carbocycles. The quantitative estimate of drug-likeness (QED) is 0.696. The van der Waals surface area contributed by atoms with Gasteiger partial charge in [0.1, 0.15) is 11.6 Å². The molecule has 1 aliphatic rings. The Labute approximate surface area is 164 Å². The largest absolute Gasteiger partial charge is 0.343 e. The van der Waals surface area contributed by atoms with Crippen molar-refractivity contribution < 1.29 is 9.18 Å². The lowest BCUT2D eigenvalue weighted by molar-refractivity contribution is -0.132. The summed E-state index contributed by atoms with van der Waals surface area (Å²) in [6, 6.07) is 13.2. The fourth-order valence-electron chi connectivity index (χ4n) is 3.95. The number of hydrogen-bond acceptors (Lipinski definition) is 2. The zero-order valence-electron chi connectivity index (χ0n) is 16.2. The molecule has 0 spiro atoms. The summed E-state index contributed by atoms with van der Waals surface area (Å²) in [5.74, 6) is 1.20. The molecule has 1 fully saturated rings. The van der Waals surface area contributed by atoms with Crippen molar-refractivity contribution in [3.8, 4) is 0 Å². The Kier molecular flexibility index (Phi) is 5.42. The number of benzene rings is 2. The highest BCUT2D eigenvalue weighted by Crippen LogP contribution is 2.28. The van der Waals surface area contributed by atoms with Crippen molar-refractivity contribution in [3.63, 3.8) is 0 Å². The van der Waals surface area contributed by atoms with Gasteiger partial charge in [-0.05, 0) is 56.4 Å². The van der Waals surface area contributed by atoms with E-state index >= 15 is 0 Å². The molecule has 1 aliphatic heterocycles. The van der Waals surface area contributed by atoms with Crippen LogP contribution in [0, 0.1) is 12.7 Å². The lowest BCUT2D eigenvalue weighted by Crippen LogP contribution is -2.38. The third-order valence-corrected chi connectivity index (χ3v) is 5.67. The van der Waals surface area contributed by atoms with Crippen LogP contribution in [0.1, 0.15) is 48.6 Å². The number of carbonyl (C=O) groups is 1. The van der Waals surface area contributed by atoms with Crippen molar-refractivity contribution in [1.29, 1.82) is 0 Å². The Morgan fingerprint density at radius 1 is 1.18 bits per heavy atom. The van der Waals surface area contributed by atoms with Crippen LogP contribution in [0.2, 0.25) is 0 Å². The smallest absolute Gasteiger partial charge is 0.222 e. The second kappa shape index (κ2) is 8.13. The average Bonchev–Trinajstić information content (AvgIpc) is 3.12. The maximum absolute atomic E-state index is 13.4. The number of fused-ring (bicyclic) bond motifs is 1. The molecule has 0 bridgehead atoms. The summed E-state index contributed by atoms with van der Waals surface area (Å²) >= 11 is 0. The number of halogens is 1. The fourth-order valence-corrected chi connectivity index (χ4v) is 3.95. The van der Waals surface area contributed by atoms with Crippen molar-refractivity contribution in [2.75, 3.05) is 13.1 Å². The molecule has 5 heteroatoms. The number of amides is 1. The Morgan fingerprint density at radius 3 is 2.68 bits per heavy atom. The van der Waals surface area contributed by atoms with Gasteiger partial charge >= 0.3 is 0 Å². The molecule has 4 nitrogen and oxygen atoms in total. The molecule has 0 radical (unpaired) electrons. The number of H-pyrrole nitrogens is 1.